The number of carbonyl (C=O) groups is 1. The zero-order valence-corrected chi connectivity index (χ0v) is 10.4. The number of aliphatic hydroxyl groups excluding tert-OH is 1. The standard InChI is InChI=1S/C11H19N3O4/c1-7-6-18-8(5-15)4-14(7)10(16)11(2-3-11)9(12)13-17/h7-8,15,17H,2-6H2,1H3,(H2,12,13). The number of aliphatic hydroxyl groups is 1. The average molecular weight is 257 g/mol. The molecule has 4 N–H and O–H groups in total. The molecule has 1 heterocycles. The summed E-state index contributed by atoms with van der Waals surface area (Å²) in [4.78, 5) is 14.1. The van der Waals surface area contributed by atoms with Crippen molar-refractivity contribution in [2.45, 2.75) is 31.9 Å². The van der Waals surface area contributed by atoms with Crippen molar-refractivity contribution < 1.29 is 19.8 Å². The van der Waals surface area contributed by atoms with Crippen LogP contribution in [0.5, 0.6) is 0 Å². The predicted octanol–water partition coefficient (Wildman–Crippen LogP) is -0.879. The summed E-state index contributed by atoms with van der Waals surface area (Å²) in [6.45, 7) is 2.50. The van der Waals surface area contributed by atoms with Crippen molar-refractivity contribution in [1.29, 1.82) is 0 Å². The van der Waals surface area contributed by atoms with Gasteiger partial charge in [0, 0.05) is 6.54 Å². The Morgan fingerprint density at radius 1 is 1.61 bits per heavy atom. The van der Waals surface area contributed by atoms with Gasteiger partial charge in [0.25, 0.3) is 0 Å². The number of amides is 1. The first-order valence-electron chi connectivity index (χ1n) is 6.06. The van der Waals surface area contributed by atoms with Gasteiger partial charge in [-0.2, -0.15) is 0 Å². The van der Waals surface area contributed by atoms with Crippen molar-refractivity contribution in [1.82, 2.24) is 4.90 Å². The maximum Gasteiger partial charge on any atom is 0.236 e. The van der Waals surface area contributed by atoms with Gasteiger partial charge in [0.2, 0.25) is 5.91 Å². The molecule has 2 fully saturated rings. The summed E-state index contributed by atoms with van der Waals surface area (Å²) >= 11 is 0. The van der Waals surface area contributed by atoms with E-state index in [-0.39, 0.29) is 30.5 Å². The molecule has 0 aromatic heterocycles. The maximum atomic E-state index is 12.5. The quantitative estimate of drug-likeness (QED) is 0.263. The Morgan fingerprint density at radius 2 is 2.28 bits per heavy atom. The highest BCUT2D eigenvalue weighted by atomic mass is 16.5. The molecule has 1 aliphatic heterocycles. The molecular formula is C11H19N3O4. The van der Waals surface area contributed by atoms with Crippen LogP contribution in [0.1, 0.15) is 19.8 Å². The predicted molar refractivity (Wildman–Crippen MR) is 63.1 cm³/mol. The van der Waals surface area contributed by atoms with E-state index in [2.05, 4.69) is 5.16 Å². The van der Waals surface area contributed by atoms with E-state index in [1.807, 2.05) is 6.92 Å². The number of amidine groups is 1. The largest absolute Gasteiger partial charge is 0.409 e. The van der Waals surface area contributed by atoms with Crippen LogP contribution in [0, 0.1) is 5.41 Å². The molecule has 0 radical (unpaired) electrons. The minimum Gasteiger partial charge on any atom is -0.409 e. The number of rotatable bonds is 3. The SMILES string of the molecule is CC1COC(CO)CN1C(=O)C1(C(N)=NO)CC1. The van der Waals surface area contributed by atoms with E-state index < -0.39 is 5.41 Å². The Kier molecular flexibility index (Phi) is 3.45. The fraction of sp³-hybridized carbons (Fsp3) is 0.818. The molecule has 1 saturated heterocycles. The lowest BCUT2D eigenvalue weighted by Gasteiger charge is -2.39. The van der Waals surface area contributed by atoms with Crippen LogP contribution in [0.25, 0.3) is 0 Å². The summed E-state index contributed by atoms with van der Waals surface area (Å²) in [6.07, 6.45) is 0.860. The number of hydrogen-bond acceptors (Lipinski definition) is 5. The number of morpholine rings is 1. The van der Waals surface area contributed by atoms with Gasteiger partial charge in [0.15, 0.2) is 5.84 Å². The highest BCUT2D eigenvalue weighted by Crippen LogP contribution is 2.48. The summed E-state index contributed by atoms with van der Waals surface area (Å²) in [5.41, 5.74) is 4.77. The van der Waals surface area contributed by atoms with Gasteiger partial charge in [-0.05, 0) is 19.8 Å². The second-order valence-electron chi connectivity index (χ2n) is 5.01. The first-order chi connectivity index (χ1) is 8.55. The van der Waals surface area contributed by atoms with Crippen LogP contribution in [0.4, 0.5) is 0 Å². The molecule has 0 bridgehead atoms. The second kappa shape index (κ2) is 4.74. The van der Waals surface area contributed by atoms with Gasteiger partial charge in [0.05, 0.1) is 25.4 Å². The van der Waals surface area contributed by atoms with E-state index in [0.29, 0.717) is 26.0 Å². The number of nitrogens with two attached hydrogens (primary N) is 1. The molecule has 2 unspecified atom stereocenters. The van der Waals surface area contributed by atoms with Crippen LogP contribution in [0.2, 0.25) is 0 Å². The van der Waals surface area contributed by atoms with Gasteiger partial charge >= 0.3 is 0 Å². The molecule has 2 rings (SSSR count). The Balaban J connectivity index is 2.13. The van der Waals surface area contributed by atoms with Gasteiger partial charge in [-0.3, -0.25) is 4.79 Å². The lowest BCUT2D eigenvalue weighted by molar-refractivity contribution is -0.149. The fourth-order valence-corrected chi connectivity index (χ4v) is 2.29. The van der Waals surface area contributed by atoms with Crippen molar-refractivity contribution in [2.24, 2.45) is 16.3 Å². The maximum absolute atomic E-state index is 12.5. The fourth-order valence-electron chi connectivity index (χ4n) is 2.29. The van der Waals surface area contributed by atoms with E-state index >= 15 is 0 Å². The number of hydrogen-bond donors (Lipinski definition) is 3. The number of carbonyl (C=O) groups excluding carboxylic acids is 1. The zero-order chi connectivity index (χ0) is 13.3. The minimum atomic E-state index is -0.833. The third kappa shape index (κ3) is 2.04. The Bertz CT molecular complexity index is 367. The lowest BCUT2D eigenvalue weighted by atomic mass is 10.0. The third-order valence-corrected chi connectivity index (χ3v) is 3.73. The molecule has 1 aliphatic carbocycles. The van der Waals surface area contributed by atoms with Crippen LogP contribution >= 0.6 is 0 Å². The molecule has 7 nitrogen and oxygen atoms in total. The molecule has 1 saturated carbocycles. The van der Waals surface area contributed by atoms with Crippen LogP contribution in [0.3, 0.4) is 0 Å². The first kappa shape index (κ1) is 13.1. The molecule has 2 atom stereocenters. The Morgan fingerprint density at radius 3 is 2.78 bits per heavy atom. The summed E-state index contributed by atoms with van der Waals surface area (Å²) in [7, 11) is 0. The Labute approximate surface area is 105 Å². The summed E-state index contributed by atoms with van der Waals surface area (Å²) in [5.74, 6) is -0.154. The molecular weight excluding hydrogens is 238 g/mol. The second-order valence-corrected chi connectivity index (χ2v) is 5.01. The topological polar surface area (TPSA) is 108 Å². The summed E-state index contributed by atoms with van der Waals surface area (Å²) in [6, 6.07) is -0.0655. The van der Waals surface area contributed by atoms with Gasteiger partial charge in [-0.1, -0.05) is 5.16 Å². The van der Waals surface area contributed by atoms with E-state index in [1.165, 1.54) is 0 Å². The number of nitrogens with zero attached hydrogens (tertiary/aromatic N) is 2. The van der Waals surface area contributed by atoms with Gasteiger partial charge < -0.3 is 25.7 Å². The Hall–Kier alpha value is -1.34. The molecule has 7 heteroatoms. The zero-order valence-electron chi connectivity index (χ0n) is 10.4. The third-order valence-electron chi connectivity index (χ3n) is 3.73. The summed E-state index contributed by atoms with van der Waals surface area (Å²) in [5, 5.41) is 20.8. The molecule has 102 valence electrons. The lowest BCUT2D eigenvalue weighted by Crippen LogP contribution is -2.55. The minimum absolute atomic E-state index is 0.0215. The van der Waals surface area contributed by atoms with Gasteiger partial charge in [-0.25, -0.2) is 0 Å². The molecule has 0 aromatic rings. The van der Waals surface area contributed by atoms with Crippen molar-refractivity contribution in [3.63, 3.8) is 0 Å². The van der Waals surface area contributed by atoms with Gasteiger partial charge in [-0.15, -0.1) is 0 Å². The smallest absolute Gasteiger partial charge is 0.236 e. The summed E-state index contributed by atoms with van der Waals surface area (Å²) < 4.78 is 5.38. The average Bonchev–Trinajstić information content (AvgIpc) is 3.19. The molecule has 0 spiro atoms. The van der Waals surface area contributed by atoms with Crippen molar-refractivity contribution in [3.05, 3.63) is 0 Å². The molecule has 18 heavy (non-hydrogen) atoms. The van der Waals surface area contributed by atoms with E-state index in [0.717, 1.165) is 0 Å². The monoisotopic (exact) mass is 257 g/mol. The van der Waals surface area contributed by atoms with Crippen LogP contribution < -0.4 is 5.73 Å². The normalized spacial score (nSPS) is 31.2. The molecule has 2 aliphatic rings. The number of oxime groups is 1. The van der Waals surface area contributed by atoms with Crippen LogP contribution in [0.15, 0.2) is 5.16 Å². The van der Waals surface area contributed by atoms with Crippen molar-refractivity contribution >= 4 is 11.7 Å². The molecule has 0 aromatic carbocycles. The number of ether oxygens (including phenoxy) is 1. The van der Waals surface area contributed by atoms with E-state index in [4.69, 9.17) is 20.8 Å². The van der Waals surface area contributed by atoms with Crippen LogP contribution in [-0.2, 0) is 9.53 Å². The van der Waals surface area contributed by atoms with E-state index in [9.17, 15) is 4.79 Å². The molecule has 1 amide bonds. The first-order valence-corrected chi connectivity index (χ1v) is 6.06. The van der Waals surface area contributed by atoms with Crippen LogP contribution in [-0.4, -0.2) is 58.9 Å². The highest BCUT2D eigenvalue weighted by molar-refractivity contribution is 6.09. The van der Waals surface area contributed by atoms with Crippen molar-refractivity contribution in [2.75, 3.05) is 19.8 Å². The van der Waals surface area contributed by atoms with Crippen molar-refractivity contribution in [3.8, 4) is 0 Å². The van der Waals surface area contributed by atoms with E-state index in [1.54, 1.807) is 4.90 Å². The highest BCUT2D eigenvalue weighted by Gasteiger charge is 2.56. The van der Waals surface area contributed by atoms with Gasteiger partial charge in [0.1, 0.15) is 5.41 Å².